The molecule has 142 valence electrons. The zero-order valence-corrected chi connectivity index (χ0v) is 15.9. The molecule has 0 radical (unpaired) electrons. The summed E-state index contributed by atoms with van der Waals surface area (Å²) in [4.78, 5) is 11.3. The Balaban J connectivity index is 4.34. The Morgan fingerprint density at radius 3 is 2.28 bits per heavy atom. The van der Waals surface area contributed by atoms with Crippen LogP contribution >= 0.6 is 0 Å². The lowest BCUT2D eigenvalue weighted by Crippen LogP contribution is -2.32. The van der Waals surface area contributed by atoms with Crippen LogP contribution in [-0.4, -0.2) is 23.3 Å². The number of nitrogens with zero attached hydrogens (tertiary/aromatic N) is 2. The highest BCUT2D eigenvalue weighted by Crippen LogP contribution is 2.21. The summed E-state index contributed by atoms with van der Waals surface area (Å²) in [5.41, 5.74) is 0. The third-order valence-electron chi connectivity index (χ3n) is 4.39. The molecular weight excluding hydrogens is 316 g/mol. The Morgan fingerprint density at radius 1 is 1.04 bits per heavy atom. The molecule has 0 aliphatic rings. The van der Waals surface area contributed by atoms with E-state index in [-0.39, 0.29) is 5.92 Å². The van der Waals surface area contributed by atoms with Crippen LogP contribution in [0.5, 0.6) is 0 Å². The van der Waals surface area contributed by atoms with Gasteiger partial charge in [0.05, 0.1) is 18.2 Å². The second kappa shape index (κ2) is 15.9. The standard InChI is InChI=1S/C20H34N2O3/c1-3-4-5-6-10-13-19(24)20(25-17(2)23)15-18(16-22)12-9-7-8-11-14-21/h18-20,24H,3-13,15H2,1-2H3. The predicted molar refractivity (Wildman–Crippen MR) is 97.4 cm³/mol. The molecule has 5 nitrogen and oxygen atoms in total. The van der Waals surface area contributed by atoms with Gasteiger partial charge in [0.1, 0.15) is 6.10 Å². The largest absolute Gasteiger partial charge is 0.460 e. The molecule has 0 heterocycles. The molecule has 0 aliphatic carbocycles. The van der Waals surface area contributed by atoms with Crippen LogP contribution in [0.1, 0.15) is 90.9 Å². The van der Waals surface area contributed by atoms with E-state index in [9.17, 15) is 15.2 Å². The summed E-state index contributed by atoms with van der Waals surface area (Å²) in [7, 11) is 0. The summed E-state index contributed by atoms with van der Waals surface area (Å²) >= 11 is 0. The highest BCUT2D eigenvalue weighted by Gasteiger charge is 2.25. The number of carbonyl (C=O) groups excluding carboxylic acids is 1. The molecule has 3 atom stereocenters. The molecule has 0 aromatic carbocycles. The monoisotopic (exact) mass is 350 g/mol. The molecule has 0 fully saturated rings. The molecule has 0 bridgehead atoms. The molecule has 3 unspecified atom stereocenters. The summed E-state index contributed by atoms with van der Waals surface area (Å²) in [5, 5.41) is 28.2. The smallest absolute Gasteiger partial charge is 0.302 e. The van der Waals surface area contributed by atoms with Gasteiger partial charge in [0.15, 0.2) is 0 Å². The first-order valence-electron chi connectivity index (χ1n) is 9.67. The van der Waals surface area contributed by atoms with Gasteiger partial charge < -0.3 is 9.84 Å². The lowest BCUT2D eigenvalue weighted by atomic mass is 9.92. The maximum Gasteiger partial charge on any atom is 0.302 e. The number of hydrogen-bond donors (Lipinski definition) is 1. The van der Waals surface area contributed by atoms with E-state index in [4.69, 9.17) is 10.00 Å². The number of hydrogen-bond acceptors (Lipinski definition) is 5. The van der Waals surface area contributed by atoms with Crippen molar-refractivity contribution in [2.24, 2.45) is 5.92 Å². The van der Waals surface area contributed by atoms with Gasteiger partial charge in [-0.1, -0.05) is 51.9 Å². The van der Waals surface area contributed by atoms with E-state index < -0.39 is 18.2 Å². The summed E-state index contributed by atoms with van der Waals surface area (Å²) in [6, 6.07) is 4.38. The lowest BCUT2D eigenvalue weighted by Gasteiger charge is -2.24. The molecule has 1 N–H and O–H groups in total. The Morgan fingerprint density at radius 2 is 1.68 bits per heavy atom. The van der Waals surface area contributed by atoms with Gasteiger partial charge in [0.25, 0.3) is 0 Å². The zero-order chi connectivity index (χ0) is 18.9. The van der Waals surface area contributed by atoms with Gasteiger partial charge >= 0.3 is 5.97 Å². The second-order valence-corrected chi connectivity index (χ2v) is 6.74. The quantitative estimate of drug-likeness (QED) is 0.343. The summed E-state index contributed by atoms with van der Waals surface area (Å²) in [6.07, 6.45) is 9.08. The van der Waals surface area contributed by atoms with Crippen LogP contribution in [-0.2, 0) is 9.53 Å². The van der Waals surface area contributed by atoms with E-state index in [1.165, 1.54) is 19.8 Å². The van der Waals surface area contributed by atoms with Crippen molar-refractivity contribution in [2.75, 3.05) is 0 Å². The van der Waals surface area contributed by atoms with Crippen LogP contribution in [0.15, 0.2) is 0 Å². The summed E-state index contributed by atoms with van der Waals surface area (Å²) in [6.45, 7) is 3.50. The minimum absolute atomic E-state index is 0.235. The van der Waals surface area contributed by atoms with Gasteiger partial charge in [-0.2, -0.15) is 10.5 Å². The Hall–Kier alpha value is -1.59. The van der Waals surface area contributed by atoms with Gasteiger partial charge in [-0.15, -0.1) is 0 Å². The second-order valence-electron chi connectivity index (χ2n) is 6.74. The average molecular weight is 351 g/mol. The molecule has 0 aromatic heterocycles. The maximum atomic E-state index is 11.3. The molecule has 0 saturated carbocycles. The number of rotatable bonds is 15. The van der Waals surface area contributed by atoms with Gasteiger partial charge in [-0.05, 0) is 19.3 Å². The normalized spacial score (nSPS) is 14.1. The lowest BCUT2D eigenvalue weighted by molar-refractivity contribution is -0.153. The third kappa shape index (κ3) is 13.4. The minimum atomic E-state index is -0.708. The number of aliphatic hydroxyl groups excluding tert-OH is 1. The molecule has 0 spiro atoms. The molecule has 0 rings (SSSR count). The van der Waals surface area contributed by atoms with Crippen molar-refractivity contribution in [1.82, 2.24) is 0 Å². The van der Waals surface area contributed by atoms with Crippen molar-refractivity contribution in [2.45, 2.75) is 103 Å². The highest BCUT2D eigenvalue weighted by atomic mass is 16.6. The fourth-order valence-corrected chi connectivity index (χ4v) is 2.93. The van der Waals surface area contributed by atoms with Crippen molar-refractivity contribution in [3.8, 4) is 12.1 Å². The highest BCUT2D eigenvalue weighted by molar-refractivity contribution is 5.66. The van der Waals surface area contributed by atoms with E-state index in [2.05, 4.69) is 19.1 Å². The van der Waals surface area contributed by atoms with Crippen molar-refractivity contribution in [1.29, 1.82) is 10.5 Å². The van der Waals surface area contributed by atoms with Crippen LogP contribution in [0.3, 0.4) is 0 Å². The number of aliphatic hydroxyl groups is 1. The number of ether oxygens (including phenoxy) is 1. The third-order valence-corrected chi connectivity index (χ3v) is 4.39. The number of unbranched alkanes of at least 4 members (excludes halogenated alkanes) is 7. The fraction of sp³-hybridized carbons (Fsp3) is 0.850. The zero-order valence-electron chi connectivity index (χ0n) is 15.9. The molecule has 0 saturated heterocycles. The van der Waals surface area contributed by atoms with E-state index in [1.54, 1.807) is 0 Å². The molecule has 25 heavy (non-hydrogen) atoms. The van der Waals surface area contributed by atoms with Crippen LogP contribution in [0.4, 0.5) is 0 Å². The van der Waals surface area contributed by atoms with Crippen LogP contribution in [0.2, 0.25) is 0 Å². The summed E-state index contributed by atoms with van der Waals surface area (Å²) in [5.74, 6) is -0.651. The summed E-state index contributed by atoms with van der Waals surface area (Å²) < 4.78 is 5.28. The van der Waals surface area contributed by atoms with Gasteiger partial charge in [-0.25, -0.2) is 0 Å². The maximum absolute atomic E-state index is 11.3. The van der Waals surface area contributed by atoms with Crippen molar-refractivity contribution in [3.63, 3.8) is 0 Å². The topological polar surface area (TPSA) is 94.1 Å². The SMILES string of the molecule is CCCCCCCC(O)C(CC(C#N)CCCCCC#N)OC(C)=O. The molecule has 0 amide bonds. The first-order chi connectivity index (χ1) is 12.0. The van der Waals surface area contributed by atoms with Gasteiger partial charge in [0, 0.05) is 25.7 Å². The number of esters is 1. The van der Waals surface area contributed by atoms with Crippen LogP contribution in [0.25, 0.3) is 0 Å². The van der Waals surface area contributed by atoms with E-state index in [0.29, 0.717) is 25.7 Å². The molecular formula is C20H34N2O3. The molecule has 5 heteroatoms. The van der Waals surface area contributed by atoms with Crippen molar-refractivity contribution in [3.05, 3.63) is 0 Å². The van der Waals surface area contributed by atoms with Crippen molar-refractivity contribution >= 4 is 5.97 Å². The van der Waals surface area contributed by atoms with E-state index >= 15 is 0 Å². The Kier molecular flexibility index (Phi) is 14.9. The molecule has 0 aliphatic heterocycles. The van der Waals surface area contributed by atoms with Gasteiger partial charge in [0.2, 0.25) is 0 Å². The van der Waals surface area contributed by atoms with E-state index in [0.717, 1.165) is 38.5 Å². The van der Waals surface area contributed by atoms with Crippen LogP contribution in [0, 0.1) is 28.6 Å². The number of nitriles is 2. The Bertz CT molecular complexity index is 426. The first-order valence-corrected chi connectivity index (χ1v) is 9.67. The fourth-order valence-electron chi connectivity index (χ4n) is 2.93. The predicted octanol–water partition coefficient (Wildman–Crippen LogP) is 4.64. The van der Waals surface area contributed by atoms with Crippen molar-refractivity contribution < 1.29 is 14.6 Å². The van der Waals surface area contributed by atoms with E-state index in [1.807, 2.05) is 0 Å². The average Bonchev–Trinajstić information content (AvgIpc) is 2.58. The van der Waals surface area contributed by atoms with Gasteiger partial charge in [-0.3, -0.25) is 4.79 Å². The number of carbonyl (C=O) groups is 1. The molecule has 0 aromatic rings. The van der Waals surface area contributed by atoms with Crippen LogP contribution < -0.4 is 0 Å². The first kappa shape index (κ1) is 23.4. The Labute approximate surface area is 153 Å². The minimum Gasteiger partial charge on any atom is -0.460 e.